The Hall–Kier alpha value is -2.24. The van der Waals surface area contributed by atoms with Crippen molar-refractivity contribution < 1.29 is 14.3 Å². The van der Waals surface area contributed by atoms with Crippen LogP contribution in [0.2, 0.25) is 0 Å². The van der Waals surface area contributed by atoms with Crippen LogP contribution in [0.25, 0.3) is 0 Å². The van der Waals surface area contributed by atoms with E-state index in [1.54, 1.807) is 31.1 Å². The lowest BCUT2D eigenvalue weighted by molar-refractivity contribution is -0.125. The number of aliphatic hydroxyl groups is 1. The fourth-order valence-electron chi connectivity index (χ4n) is 2.41. The lowest BCUT2D eigenvalue weighted by atomic mass is 10.0. The molecule has 2 aromatic carbocycles. The number of amides is 1. The zero-order chi connectivity index (χ0) is 16.8. The van der Waals surface area contributed by atoms with Crippen LogP contribution in [0.15, 0.2) is 48.5 Å². The molecule has 2 rings (SSSR count). The fraction of sp³-hybridized carbons (Fsp3) is 0.278. The summed E-state index contributed by atoms with van der Waals surface area (Å²) in [5.41, 5.74) is 2.38. The molecule has 0 bridgehead atoms. The van der Waals surface area contributed by atoms with Gasteiger partial charge in [-0.2, -0.15) is 0 Å². The van der Waals surface area contributed by atoms with Gasteiger partial charge in [0.05, 0.1) is 6.61 Å². The lowest BCUT2D eigenvalue weighted by Gasteiger charge is -2.24. The van der Waals surface area contributed by atoms with E-state index in [1.165, 1.54) is 12.1 Å². The summed E-state index contributed by atoms with van der Waals surface area (Å²) < 4.78 is 13.4. The molecule has 0 saturated heterocycles. The highest BCUT2D eigenvalue weighted by Crippen LogP contribution is 2.19. The molecule has 1 atom stereocenters. The number of hydrogen-bond donors (Lipinski definition) is 2. The molecule has 4 nitrogen and oxygen atoms in total. The monoisotopic (exact) mass is 316 g/mol. The van der Waals surface area contributed by atoms with Crippen molar-refractivity contribution in [1.82, 2.24) is 10.2 Å². The molecule has 0 radical (unpaired) electrons. The smallest absolute Gasteiger partial charge is 0.242 e. The Balaban J connectivity index is 2.06. The molecule has 2 aromatic rings. The van der Waals surface area contributed by atoms with E-state index < -0.39 is 6.04 Å². The predicted octanol–water partition coefficient (Wildman–Crippen LogP) is 2.24. The van der Waals surface area contributed by atoms with Crippen LogP contribution in [0.1, 0.15) is 22.7 Å². The zero-order valence-electron chi connectivity index (χ0n) is 13.3. The van der Waals surface area contributed by atoms with Gasteiger partial charge in [0.25, 0.3) is 0 Å². The highest BCUT2D eigenvalue weighted by Gasteiger charge is 2.22. The highest BCUT2D eigenvalue weighted by atomic mass is 19.1. The molecule has 5 heteroatoms. The van der Waals surface area contributed by atoms with E-state index in [-0.39, 0.29) is 18.3 Å². The molecule has 0 aliphatic carbocycles. The van der Waals surface area contributed by atoms with Crippen LogP contribution in [0.3, 0.4) is 0 Å². The Kier molecular flexibility index (Phi) is 5.84. The summed E-state index contributed by atoms with van der Waals surface area (Å²) in [6.45, 7) is 0.374. The van der Waals surface area contributed by atoms with Crippen molar-refractivity contribution in [2.45, 2.75) is 19.2 Å². The van der Waals surface area contributed by atoms with E-state index in [0.29, 0.717) is 12.1 Å². The van der Waals surface area contributed by atoms with Crippen LogP contribution in [0.4, 0.5) is 4.39 Å². The number of carbonyl (C=O) groups excluding carboxylic acids is 1. The quantitative estimate of drug-likeness (QED) is 0.859. The highest BCUT2D eigenvalue weighted by molar-refractivity contribution is 5.83. The Bertz CT molecular complexity index is 656. The third-order valence-corrected chi connectivity index (χ3v) is 3.60. The summed E-state index contributed by atoms with van der Waals surface area (Å²) in [5, 5.41) is 11.9. The second-order valence-corrected chi connectivity index (χ2v) is 5.61. The fourth-order valence-corrected chi connectivity index (χ4v) is 2.41. The first-order valence-electron chi connectivity index (χ1n) is 7.39. The molecular weight excluding hydrogens is 295 g/mol. The van der Waals surface area contributed by atoms with E-state index >= 15 is 0 Å². The zero-order valence-corrected chi connectivity index (χ0v) is 13.3. The molecule has 122 valence electrons. The molecule has 2 N–H and O–H groups in total. The second kappa shape index (κ2) is 7.85. The minimum atomic E-state index is -0.553. The Morgan fingerprint density at radius 2 is 1.83 bits per heavy atom. The second-order valence-electron chi connectivity index (χ2n) is 5.61. The molecule has 0 fully saturated rings. The SMILES string of the molecule is CN(C)[C@@H](C(=O)NCc1ccc(CO)cc1)c1cccc(F)c1. The minimum Gasteiger partial charge on any atom is -0.392 e. The van der Waals surface area contributed by atoms with E-state index in [0.717, 1.165) is 11.1 Å². The van der Waals surface area contributed by atoms with Crippen LogP contribution < -0.4 is 5.32 Å². The van der Waals surface area contributed by atoms with Gasteiger partial charge in [-0.05, 0) is 42.9 Å². The molecule has 23 heavy (non-hydrogen) atoms. The maximum Gasteiger partial charge on any atom is 0.242 e. The van der Waals surface area contributed by atoms with Gasteiger partial charge in [-0.25, -0.2) is 4.39 Å². The van der Waals surface area contributed by atoms with Crippen LogP contribution in [0.5, 0.6) is 0 Å². The number of rotatable bonds is 6. The Morgan fingerprint density at radius 3 is 2.39 bits per heavy atom. The molecule has 0 saturated carbocycles. The number of hydrogen-bond acceptors (Lipinski definition) is 3. The number of likely N-dealkylation sites (N-methyl/N-ethyl adjacent to an activating group) is 1. The van der Waals surface area contributed by atoms with Crippen LogP contribution in [-0.4, -0.2) is 30.0 Å². The van der Waals surface area contributed by atoms with Gasteiger partial charge >= 0.3 is 0 Å². The molecular formula is C18H21FN2O2. The summed E-state index contributed by atoms with van der Waals surface area (Å²) in [7, 11) is 3.57. The molecule has 0 aromatic heterocycles. The van der Waals surface area contributed by atoms with Gasteiger partial charge in [-0.1, -0.05) is 36.4 Å². The van der Waals surface area contributed by atoms with Crippen molar-refractivity contribution in [3.63, 3.8) is 0 Å². The molecule has 0 heterocycles. The predicted molar refractivity (Wildman–Crippen MR) is 87.0 cm³/mol. The van der Waals surface area contributed by atoms with Gasteiger partial charge in [-0.3, -0.25) is 9.69 Å². The van der Waals surface area contributed by atoms with E-state index in [9.17, 15) is 9.18 Å². The maximum absolute atomic E-state index is 13.4. The van der Waals surface area contributed by atoms with Gasteiger partial charge < -0.3 is 10.4 Å². The summed E-state index contributed by atoms with van der Waals surface area (Å²) in [6, 6.07) is 12.9. The van der Waals surface area contributed by atoms with Gasteiger partial charge in [0.1, 0.15) is 11.9 Å². The topological polar surface area (TPSA) is 52.6 Å². The van der Waals surface area contributed by atoms with E-state index in [4.69, 9.17) is 5.11 Å². The van der Waals surface area contributed by atoms with Crippen LogP contribution >= 0.6 is 0 Å². The number of aliphatic hydroxyl groups excluding tert-OH is 1. The summed E-state index contributed by atoms with van der Waals surface area (Å²) in [6.07, 6.45) is 0. The van der Waals surface area contributed by atoms with Gasteiger partial charge in [0, 0.05) is 6.54 Å². The Morgan fingerprint density at radius 1 is 1.17 bits per heavy atom. The van der Waals surface area contributed by atoms with Crippen molar-refractivity contribution in [3.8, 4) is 0 Å². The van der Waals surface area contributed by atoms with E-state index in [2.05, 4.69) is 5.32 Å². The third kappa shape index (κ3) is 4.61. The summed E-state index contributed by atoms with van der Waals surface area (Å²) in [4.78, 5) is 14.2. The van der Waals surface area contributed by atoms with Crippen molar-refractivity contribution in [2.24, 2.45) is 0 Å². The summed E-state index contributed by atoms with van der Waals surface area (Å²) in [5.74, 6) is -0.548. The maximum atomic E-state index is 13.4. The standard InChI is InChI=1S/C18H21FN2O2/c1-21(2)17(15-4-3-5-16(19)10-15)18(23)20-11-13-6-8-14(12-22)9-7-13/h3-10,17,22H,11-12H2,1-2H3,(H,20,23)/t17-/m1/s1. The minimum absolute atomic E-state index is 0.00505. The number of carbonyl (C=O) groups is 1. The first-order valence-corrected chi connectivity index (χ1v) is 7.39. The molecule has 0 aliphatic heterocycles. The van der Waals surface area contributed by atoms with Gasteiger partial charge in [0.15, 0.2) is 0 Å². The van der Waals surface area contributed by atoms with Crippen LogP contribution in [-0.2, 0) is 17.9 Å². The van der Waals surface area contributed by atoms with Crippen LogP contribution in [0, 0.1) is 5.82 Å². The number of benzene rings is 2. The first kappa shape index (κ1) is 17.1. The Labute approximate surface area is 135 Å². The van der Waals surface area contributed by atoms with Gasteiger partial charge in [0.2, 0.25) is 5.91 Å². The molecule has 0 spiro atoms. The van der Waals surface area contributed by atoms with Crippen molar-refractivity contribution >= 4 is 5.91 Å². The molecule has 0 aliphatic rings. The first-order chi connectivity index (χ1) is 11.0. The molecule has 0 unspecified atom stereocenters. The van der Waals surface area contributed by atoms with E-state index in [1.807, 2.05) is 24.3 Å². The largest absolute Gasteiger partial charge is 0.392 e. The average Bonchev–Trinajstić information content (AvgIpc) is 2.53. The number of nitrogens with zero attached hydrogens (tertiary/aromatic N) is 1. The average molecular weight is 316 g/mol. The van der Waals surface area contributed by atoms with Crippen molar-refractivity contribution in [1.29, 1.82) is 0 Å². The van der Waals surface area contributed by atoms with Crippen molar-refractivity contribution in [3.05, 3.63) is 71.0 Å². The lowest BCUT2D eigenvalue weighted by Crippen LogP contribution is -2.36. The normalized spacial score (nSPS) is 12.2. The van der Waals surface area contributed by atoms with Gasteiger partial charge in [-0.15, -0.1) is 0 Å². The number of nitrogens with one attached hydrogen (secondary N) is 1. The molecule has 1 amide bonds. The van der Waals surface area contributed by atoms with Crippen molar-refractivity contribution in [2.75, 3.05) is 14.1 Å². The summed E-state index contributed by atoms with van der Waals surface area (Å²) >= 11 is 0. The third-order valence-electron chi connectivity index (χ3n) is 3.60. The number of halogens is 1.